The van der Waals surface area contributed by atoms with E-state index in [1.165, 1.54) is 12.5 Å². The van der Waals surface area contributed by atoms with Crippen LogP contribution in [0.3, 0.4) is 0 Å². The first-order chi connectivity index (χ1) is 3.80. The van der Waals surface area contributed by atoms with Crippen LogP contribution in [0.1, 0.15) is 0 Å². The topological polar surface area (TPSA) is 66.5 Å². The summed E-state index contributed by atoms with van der Waals surface area (Å²) >= 11 is 0. The summed E-state index contributed by atoms with van der Waals surface area (Å²) in [5.74, 6) is -0.0787. The molecule has 0 saturated heterocycles. The van der Waals surface area contributed by atoms with Gasteiger partial charge in [-0.15, -0.1) is 0 Å². The number of hydrogen-bond acceptors (Lipinski definition) is 4. The van der Waals surface area contributed by atoms with Crippen molar-refractivity contribution in [1.29, 1.82) is 0 Å². The summed E-state index contributed by atoms with van der Waals surface area (Å²) in [6.07, 6.45) is 2.61. The molecule has 5 heteroatoms. The number of hydrogen-bond donors (Lipinski definition) is 2. The number of aromatic nitrogens is 1. The maximum Gasteiger partial charge on any atom is 0.548 e. The molecular weight excluding hydrogens is 109 g/mol. The van der Waals surface area contributed by atoms with E-state index in [0.717, 1.165) is 0 Å². The Morgan fingerprint density at radius 1 is 1.62 bits per heavy atom. The molecule has 42 valence electrons. The summed E-state index contributed by atoms with van der Waals surface area (Å²) in [6.45, 7) is 0. The van der Waals surface area contributed by atoms with Crippen molar-refractivity contribution in [3.63, 3.8) is 0 Å². The molecule has 2 N–H and O–H groups in total. The summed E-state index contributed by atoms with van der Waals surface area (Å²) in [7, 11) is -1.59. The molecule has 0 bridgehead atoms. The van der Waals surface area contributed by atoms with E-state index in [1.807, 2.05) is 0 Å². The van der Waals surface area contributed by atoms with Crippen molar-refractivity contribution in [2.75, 3.05) is 0 Å². The van der Waals surface area contributed by atoms with Gasteiger partial charge in [0.2, 0.25) is 5.79 Å². The quantitative estimate of drug-likeness (QED) is 0.428. The van der Waals surface area contributed by atoms with Crippen LogP contribution in [-0.4, -0.2) is 22.2 Å². The van der Waals surface area contributed by atoms with Crippen LogP contribution in [0, 0.1) is 0 Å². The second kappa shape index (κ2) is 1.98. The lowest BCUT2D eigenvalue weighted by Gasteiger charge is -1.85. The number of rotatable bonds is 1. The molecule has 0 amide bonds. The second-order valence-corrected chi connectivity index (χ2v) is 1.24. The van der Waals surface area contributed by atoms with Gasteiger partial charge in [0.1, 0.15) is 6.26 Å². The van der Waals surface area contributed by atoms with Crippen LogP contribution in [0.2, 0.25) is 0 Å². The molecule has 1 aromatic heterocycles. The first-order valence-electron chi connectivity index (χ1n) is 2.06. The molecule has 1 heterocycles. The predicted molar refractivity (Wildman–Crippen MR) is 26.3 cm³/mol. The van der Waals surface area contributed by atoms with Gasteiger partial charge in [0, 0.05) is 0 Å². The zero-order valence-electron chi connectivity index (χ0n) is 3.98. The van der Waals surface area contributed by atoms with E-state index in [-0.39, 0.29) is 5.79 Å². The maximum atomic E-state index is 8.31. The molecule has 4 nitrogen and oxygen atoms in total. The minimum absolute atomic E-state index is 0.0787. The Morgan fingerprint density at radius 2 is 2.38 bits per heavy atom. The molecule has 1 rings (SSSR count). The molecule has 8 heavy (non-hydrogen) atoms. The molecule has 0 aliphatic carbocycles. The Morgan fingerprint density at radius 3 is 2.62 bits per heavy atom. The third-order valence-corrected chi connectivity index (χ3v) is 0.672. The summed E-state index contributed by atoms with van der Waals surface area (Å²) in [5, 5.41) is 16.6. The zero-order chi connectivity index (χ0) is 5.98. The van der Waals surface area contributed by atoms with Gasteiger partial charge in [-0.3, -0.25) is 0 Å². The van der Waals surface area contributed by atoms with Gasteiger partial charge in [0.25, 0.3) is 0 Å². The molecule has 0 aliphatic rings. The Labute approximate surface area is 45.9 Å². The highest BCUT2D eigenvalue weighted by Crippen LogP contribution is 1.75. The fraction of sp³-hybridized carbons (Fsp3) is 0. The van der Waals surface area contributed by atoms with Crippen molar-refractivity contribution in [2.24, 2.45) is 0 Å². The van der Waals surface area contributed by atoms with Gasteiger partial charge in [-0.25, -0.2) is 4.98 Å². The number of oxazole rings is 1. The van der Waals surface area contributed by atoms with Crippen LogP contribution in [-0.2, 0) is 0 Å². The second-order valence-electron chi connectivity index (χ2n) is 1.24. The molecule has 0 aromatic carbocycles. The van der Waals surface area contributed by atoms with Gasteiger partial charge in [-0.05, 0) is 0 Å². The zero-order valence-corrected chi connectivity index (χ0v) is 3.98. The van der Waals surface area contributed by atoms with E-state index >= 15 is 0 Å². The average Bonchev–Trinajstić information content (AvgIpc) is 2.12. The van der Waals surface area contributed by atoms with Crippen LogP contribution in [0.5, 0.6) is 0 Å². The molecule has 0 saturated carbocycles. The van der Waals surface area contributed by atoms with E-state index in [9.17, 15) is 0 Å². The largest absolute Gasteiger partial charge is 0.548 e. The molecule has 0 unspecified atom stereocenters. The molecular formula is C3H4BNO3. The third kappa shape index (κ3) is 0.880. The number of nitrogens with zero attached hydrogens (tertiary/aromatic N) is 1. The maximum absolute atomic E-state index is 8.31. The normalized spacial score (nSPS) is 9.25. The first kappa shape index (κ1) is 5.33. The van der Waals surface area contributed by atoms with Gasteiger partial charge < -0.3 is 14.5 Å². The summed E-state index contributed by atoms with van der Waals surface area (Å²) < 4.78 is 4.48. The molecule has 1 aromatic rings. The highest BCUT2D eigenvalue weighted by molar-refractivity contribution is 6.55. The monoisotopic (exact) mass is 113 g/mol. The fourth-order valence-corrected chi connectivity index (χ4v) is 0.362. The van der Waals surface area contributed by atoms with Crippen molar-refractivity contribution >= 4 is 12.9 Å². The SMILES string of the molecule is OB(O)c1ncco1. The Kier molecular flexibility index (Phi) is 1.32. The van der Waals surface area contributed by atoms with Gasteiger partial charge >= 0.3 is 7.12 Å². The standard InChI is InChI=1S/C3H4BNO3/c6-4(7)3-5-1-2-8-3/h1-2,6-7H. The Balaban J connectivity index is 2.77. The molecule has 0 fully saturated rings. The summed E-state index contributed by atoms with van der Waals surface area (Å²) in [4.78, 5) is 3.45. The van der Waals surface area contributed by atoms with Crippen LogP contribution in [0.25, 0.3) is 0 Å². The lowest BCUT2D eigenvalue weighted by molar-refractivity contribution is 0.407. The summed E-state index contributed by atoms with van der Waals surface area (Å²) in [6, 6.07) is 0. The van der Waals surface area contributed by atoms with E-state index in [0.29, 0.717) is 0 Å². The Hall–Kier alpha value is -0.805. The third-order valence-electron chi connectivity index (χ3n) is 0.672. The van der Waals surface area contributed by atoms with E-state index in [4.69, 9.17) is 10.0 Å². The highest BCUT2D eigenvalue weighted by Gasteiger charge is 2.14. The predicted octanol–water partition coefficient (Wildman–Crippen LogP) is -1.65. The van der Waals surface area contributed by atoms with Gasteiger partial charge in [-0.2, -0.15) is 0 Å². The van der Waals surface area contributed by atoms with Gasteiger partial charge in [-0.1, -0.05) is 0 Å². The van der Waals surface area contributed by atoms with E-state index in [2.05, 4.69) is 9.40 Å². The van der Waals surface area contributed by atoms with Crippen molar-refractivity contribution in [1.82, 2.24) is 4.98 Å². The van der Waals surface area contributed by atoms with Crippen molar-refractivity contribution in [2.45, 2.75) is 0 Å². The molecule has 0 aliphatic heterocycles. The lowest BCUT2D eigenvalue weighted by atomic mass is 9.93. The molecule has 0 radical (unpaired) electrons. The minimum Gasteiger partial charge on any atom is -0.452 e. The summed E-state index contributed by atoms with van der Waals surface area (Å²) in [5.41, 5.74) is 0. The lowest BCUT2D eigenvalue weighted by Crippen LogP contribution is -2.30. The smallest absolute Gasteiger partial charge is 0.452 e. The Bertz CT molecular complexity index is 150. The van der Waals surface area contributed by atoms with Gasteiger partial charge in [0.05, 0.1) is 6.20 Å². The van der Waals surface area contributed by atoms with Crippen molar-refractivity contribution in [3.05, 3.63) is 12.5 Å². The van der Waals surface area contributed by atoms with E-state index < -0.39 is 7.12 Å². The van der Waals surface area contributed by atoms with Crippen molar-refractivity contribution < 1.29 is 14.5 Å². The van der Waals surface area contributed by atoms with Crippen LogP contribution < -0.4 is 5.79 Å². The first-order valence-corrected chi connectivity index (χ1v) is 2.06. The fourth-order valence-electron chi connectivity index (χ4n) is 0.362. The van der Waals surface area contributed by atoms with Crippen molar-refractivity contribution in [3.8, 4) is 0 Å². The van der Waals surface area contributed by atoms with Crippen LogP contribution in [0.15, 0.2) is 16.9 Å². The minimum atomic E-state index is -1.59. The molecule has 0 spiro atoms. The van der Waals surface area contributed by atoms with Crippen LogP contribution >= 0.6 is 0 Å². The highest BCUT2D eigenvalue weighted by atomic mass is 16.4. The van der Waals surface area contributed by atoms with Crippen LogP contribution in [0.4, 0.5) is 0 Å². The molecule has 0 atom stereocenters. The average molecular weight is 113 g/mol. The van der Waals surface area contributed by atoms with E-state index in [1.54, 1.807) is 0 Å². The van der Waals surface area contributed by atoms with Gasteiger partial charge in [0.15, 0.2) is 0 Å².